The van der Waals surface area contributed by atoms with Gasteiger partial charge in [-0.1, -0.05) is 23.4 Å². The van der Waals surface area contributed by atoms with Crippen LogP contribution in [0, 0.1) is 10.1 Å². The Labute approximate surface area is 190 Å². The van der Waals surface area contributed by atoms with E-state index >= 15 is 0 Å². The number of hydrogen-bond acceptors (Lipinski definition) is 8. The van der Waals surface area contributed by atoms with Crippen molar-refractivity contribution in [2.75, 3.05) is 43.4 Å². The van der Waals surface area contributed by atoms with Crippen LogP contribution in [-0.4, -0.2) is 63.0 Å². The molecule has 0 bridgehead atoms. The molecule has 10 nitrogen and oxygen atoms in total. The van der Waals surface area contributed by atoms with Crippen LogP contribution in [0.2, 0.25) is 0 Å². The molecule has 0 spiro atoms. The number of anilines is 2. The molecule has 33 heavy (non-hydrogen) atoms. The number of pyridine rings is 1. The summed E-state index contributed by atoms with van der Waals surface area (Å²) in [6, 6.07) is 18.3. The first-order valence-corrected chi connectivity index (χ1v) is 10.8. The van der Waals surface area contributed by atoms with Gasteiger partial charge in [0.15, 0.2) is 6.17 Å². The molecule has 0 saturated carbocycles. The molecule has 2 aromatic heterocycles. The largest absolute Gasteiger partial charge is 0.369 e. The fourth-order valence-electron chi connectivity index (χ4n) is 4.15. The fraction of sp³-hybridized carbons (Fsp3) is 0.261. The van der Waals surface area contributed by atoms with Gasteiger partial charge in [-0.15, -0.1) is 5.10 Å². The minimum absolute atomic E-state index is 0.0279. The van der Waals surface area contributed by atoms with E-state index in [4.69, 9.17) is 0 Å². The van der Waals surface area contributed by atoms with E-state index in [9.17, 15) is 10.1 Å². The zero-order chi connectivity index (χ0) is 22.8. The Balaban J connectivity index is 1.67. The van der Waals surface area contributed by atoms with Crippen LogP contribution in [0.5, 0.6) is 0 Å². The lowest BCUT2D eigenvalue weighted by molar-refractivity contribution is -0.384. The van der Waals surface area contributed by atoms with Gasteiger partial charge in [0, 0.05) is 55.8 Å². The van der Waals surface area contributed by atoms with E-state index in [1.165, 1.54) is 0 Å². The van der Waals surface area contributed by atoms with Gasteiger partial charge in [0.25, 0.3) is 5.69 Å². The van der Waals surface area contributed by atoms with Crippen molar-refractivity contribution in [3.05, 3.63) is 82.5 Å². The molecular weight excluding hydrogens is 420 g/mol. The number of benzene rings is 2. The van der Waals surface area contributed by atoms with Crippen LogP contribution in [0.15, 0.2) is 66.9 Å². The van der Waals surface area contributed by atoms with Gasteiger partial charge in [0.1, 0.15) is 11.3 Å². The molecule has 0 radical (unpaired) electrons. The monoisotopic (exact) mass is 444 g/mol. The molecule has 10 heteroatoms. The molecule has 1 N–H and O–H groups in total. The van der Waals surface area contributed by atoms with Crippen LogP contribution in [-0.2, 0) is 0 Å². The summed E-state index contributed by atoms with van der Waals surface area (Å²) in [7, 11) is 2.10. The third kappa shape index (κ3) is 4.20. The Morgan fingerprint density at radius 3 is 2.58 bits per heavy atom. The van der Waals surface area contributed by atoms with Crippen molar-refractivity contribution in [2.45, 2.75) is 6.17 Å². The van der Waals surface area contributed by atoms with Gasteiger partial charge >= 0.3 is 0 Å². The van der Waals surface area contributed by atoms with Crippen LogP contribution < -0.4 is 10.2 Å². The lowest BCUT2D eigenvalue weighted by atomic mass is 10.1. The highest BCUT2D eigenvalue weighted by atomic mass is 16.6. The number of hydrogen-bond donors (Lipinski definition) is 1. The molecule has 4 aromatic rings. The number of para-hydroxylation sites is 1. The fourth-order valence-corrected chi connectivity index (χ4v) is 4.15. The van der Waals surface area contributed by atoms with Crippen molar-refractivity contribution in [1.82, 2.24) is 24.9 Å². The van der Waals surface area contributed by atoms with E-state index in [0.717, 1.165) is 48.5 Å². The number of aromatic nitrogens is 4. The summed E-state index contributed by atoms with van der Waals surface area (Å²) in [6.45, 7) is 3.49. The van der Waals surface area contributed by atoms with Gasteiger partial charge in [-0.3, -0.25) is 10.1 Å². The molecule has 0 amide bonds. The normalized spacial score (nSPS) is 15.5. The zero-order valence-electron chi connectivity index (χ0n) is 18.2. The first kappa shape index (κ1) is 20.8. The maximum absolute atomic E-state index is 11.7. The third-order valence-corrected chi connectivity index (χ3v) is 5.93. The highest BCUT2D eigenvalue weighted by molar-refractivity contribution is 5.75. The molecule has 1 aliphatic rings. The van der Waals surface area contributed by atoms with E-state index in [1.54, 1.807) is 23.0 Å². The second-order valence-corrected chi connectivity index (χ2v) is 8.08. The van der Waals surface area contributed by atoms with E-state index in [-0.39, 0.29) is 10.6 Å². The summed E-state index contributed by atoms with van der Waals surface area (Å²) in [4.78, 5) is 20.3. The van der Waals surface area contributed by atoms with Crippen molar-refractivity contribution in [1.29, 1.82) is 0 Å². The second-order valence-electron chi connectivity index (χ2n) is 8.08. The molecule has 0 unspecified atom stereocenters. The van der Waals surface area contributed by atoms with Crippen LogP contribution in [0.1, 0.15) is 11.7 Å². The summed E-state index contributed by atoms with van der Waals surface area (Å²) >= 11 is 0. The molecule has 1 saturated heterocycles. The number of fused-ring (bicyclic) bond motifs is 1. The maximum atomic E-state index is 11.7. The van der Waals surface area contributed by atoms with Gasteiger partial charge in [0.2, 0.25) is 0 Å². The summed E-state index contributed by atoms with van der Waals surface area (Å²) in [5.74, 6) is 0.637. The molecule has 5 rings (SSSR count). The number of nitrogens with one attached hydrogen (secondary N) is 1. The molecular formula is C23H24N8O2. The first-order chi connectivity index (χ1) is 16.1. The Bertz CT molecular complexity index is 1270. The third-order valence-electron chi connectivity index (χ3n) is 5.93. The van der Waals surface area contributed by atoms with Crippen molar-refractivity contribution in [3.8, 4) is 0 Å². The molecule has 1 fully saturated rings. The zero-order valence-corrected chi connectivity index (χ0v) is 18.2. The lowest BCUT2D eigenvalue weighted by Crippen LogP contribution is -2.45. The quantitative estimate of drug-likeness (QED) is 0.357. The highest BCUT2D eigenvalue weighted by Gasteiger charge is 2.27. The number of likely N-dealkylation sites (N-methyl/N-ethyl adjacent to an activating group) is 1. The standard InChI is InChI=1S/C23H24N8O2/c1-28-12-14-29(15-13-28)20-10-9-17(31(32)33)16-18(20)23(25-22-8-4-5-11-24-22)30-21-7-3-2-6-19(21)26-27-30/h2-11,16,23H,12-15H2,1H3,(H,24,25)/t23-/m1/s1. The molecule has 3 heterocycles. The summed E-state index contributed by atoms with van der Waals surface area (Å²) in [5, 5.41) is 23.9. The van der Waals surface area contributed by atoms with Gasteiger partial charge in [-0.25, -0.2) is 9.67 Å². The van der Waals surface area contributed by atoms with Crippen LogP contribution in [0.3, 0.4) is 0 Å². The van der Waals surface area contributed by atoms with Gasteiger partial charge in [-0.2, -0.15) is 0 Å². The van der Waals surface area contributed by atoms with E-state index < -0.39 is 6.17 Å². The van der Waals surface area contributed by atoms with Gasteiger partial charge < -0.3 is 15.1 Å². The Kier molecular flexibility index (Phi) is 5.57. The summed E-state index contributed by atoms with van der Waals surface area (Å²) in [5.41, 5.74) is 3.27. The average molecular weight is 444 g/mol. The van der Waals surface area contributed by atoms with Crippen molar-refractivity contribution in [2.24, 2.45) is 0 Å². The van der Waals surface area contributed by atoms with Crippen LogP contribution in [0.4, 0.5) is 17.2 Å². The van der Waals surface area contributed by atoms with Gasteiger partial charge in [-0.05, 0) is 37.4 Å². The molecule has 2 aromatic carbocycles. The number of piperazine rings is 1. The molecule has 168 valence electrons. The Hall–Kier alpha value is -4.05. The number of nitro benzene ring substituents is 1. The van der Waals surface area contributed by atoms with E-state index in [1.807, 2.05) is 48.5 Å². The number of rotatable bonds is 6. The number of nitrogens with zero attached hydrogens (tertiary/aromatic N) is 7. The highest BCUT2D eigenvalue weighted by Crippen LogP contribution is 2.34. The summed E-state index contributed by atoms with van der Waals surface area (Å²) < 4.78 is 1.77. The van der Waals surface area contributed by atoms with Crippen molar-refractivity contribution < 1.29 is 4.92 Å². The molecule has 0 aliphatic carbocycles. The minimum Gasteiger partial charge on any atom is -0.369 e. The lowest BCUT2D eigenvalue weighted by Gasteiger charge is -2.36. The summed E-state index contributed by atoms with van der Waals surface area (Å²) in [6.07, 6.45) is 1.15. The smallest absolute Gasteiger partial charge is 0.270 e. The number of non-ortho nitro benzene ring substituents is 1. The predicted octanol–water partition coefficient (Wildman–Crippen LogP) is 3.15. The SMILES string of the molecule is CN1CCN(c2ccc([N+](=O)[O-])cc2[C@H](Nc2ccccn2)n2nnc3ccccc32)CC1. The minimum atomic E-state index is -0.554. The van der Waals surface area contributed by atoms with Gasteiger partial charge in [0.05, 0.1) is 10.4 Å². The van der Waals surface area contributed by atoms with Crippen LogP contribution in [0.25, 0.3) is 11.0 Å². The first-order valence-electron chi connectivity index (χ1n) is 10.8. The number of nitro groups is 1. The van der Waals surface area contributed by atoms with E-state index in [2.05, 4.69) is 37.5 Å². The Morgan fingerprint density at radius 1 is 1.03 bits per heavy atom. The van der Waals surface area contributed by atoms with E-state index in [0.29, 0.717) is 5.82 Å². The topological polar surface area (TPSA) is 105 Å². The second kappa shape index (κ2) is 8.83. The van der Waals surface area contributed by atoms with Crippen LogP contribution >= 0.6 is 0 Å². The predicted molar refractivity (Wildman–Crippen MR) is 126 cm³/mol. The Morgan fingerprint density at radius 2 is 1.82 bits per heavy atom. The molecule has 1 aliphatic heterocycles. The average Bonchev–Trinajstić information content (AvgIpc) is 3.27. The van der Waals surface area contributed by atoms with Crippen molar-refractivity contribution in [3.63, 3.8) is 0 Å². The molecule has 1 atom stereocenters. The maximum Gasteiger partial charge on any atom is 0.270 e. The van der Waals surface area contributed by atoms with Crippen molar-refractivity contribution >= 4 is 28.2 Å².